The molecule has 2 N–H and O–H groups in total. The van der Waals surface area contributed by atoms with E-state index >= 15 is 0 Å². The summed E-state index contributed by atoms with van der Waals surface area (Å²) in [6.07, 6.45) is 0.978. The van der Waals surface area contributed by atoms with E-state index in [4.69, 9.17) is 9.88 Å². The lowest BCUT2D eigenvalue weighted by Crippen LogP contribution is -2.12. The summed E-state index contributed by atoms with van der Waals surface area (Å²) < 4.78 is 53.0. The predicted molar refractivity (Wildman–Crippen MR) is 62.0 cm³/mol. The number of pyridine rings is 1. The van der Waals surface area contributed by atoms with Crippen LogP contribution in [0.5, 0.6) is 11.6 Å². The van der Waals surface area contributed by atoms with Crippen LogP contribution in [0.4, 0.5) is 8.78 Å². The van der Waals surface area contributed by atoms with Crippen LogP contribution in [0.1, 0.15) is 0 Å². The zero-order chi connectivity index (χ0) is 14.0. The zero-order valence-electron chi connectivity index (χ0n) is 9.38. The molecule has 0 aliphatic rings. The first-order valence-electron chi connectivity index (χ1n) is 4.98. The summed E-state index contributed by atoms with van der Waals surface area (Å²) in [5.41, 5.74) is 0. The molecule has 1 heterocycles. The van der Waals surface area contributed by atoms with Crippen LogP contribution in [0.3, 0.4) is 0 Å². The summed E-state index contributed by atoms with van der Waals surface area (Å²) >= 11 is 0. The minimum Gasteiger partial charge on any atom is -0.436 e. The second-order valence-corrected chi connectivity index (χ2v) is 5.12. The second-order valence-electron chi connectivity index (χ2n) is 3.55. The Labute approximate surface area is 107 Å². The van der Waals surface area contributed by atoms with E-state index in [1.807, 2.05) is 0 Å². The summed E-state index contributed by atoms with van der Waals surface area (Å²) in [5.74, 6) is -1.89. The van der Waals surface area contributed by atoms with Crippen molar-refractivity contribution in [2.24, 2.45) is 5.14 Å². The molecular formula is C11H8F2N2O3S. The van der Waals surface area contributed by atoms with Gasteiger partial charge in [0.2, 0.25) is 15.9 Å². The van der Waals surface area contributed by atoms with Crippen molar-refractivity contribution in [1.29, 1.82) is 0 Å². The third kappa shape index (κ3) is 3.24. The summed E-state index contributed by atoms with van der Waals surface area (Å²) in [6.45, 7) is 0. The third-order valence-electron chi connectivity index (χ3n) is 2.15. The molecule has 2 rings (SSSR count). The molecule has 1 aromatic heterocycles. The van der Waals surface area contributed by atoms with Gasteiger partial charge in [-0.3, -0.25) is 0 Å². The number of aromatic nitrogens is 1. The lowest BCUT2D eigenvalue weighted by molar-refractivity contribution is 0.423. The smallest absolute Gasteiger partial charge is 0.239 e. The highest BCUT2D eigenvalue weighted by atomic mass is 32.2. The molecule has 0 spiro atoms. The third-order valence-corrected chi connectivity index (χ3v) is 3.04. The number of primary sulfonamides is 1. The number of halogens is 2. The van der Waals surface area contributed by atoms with Gasteiger partial charge in [0, 0.05) is 12.1 Å². The molecule has 0 atom stereocenters. The van der Waals surface area contributed by atoms with Gasteiger partial charge >= 0.3 is 0 Å². The van der Waals surface area contributed by atoms with E-state index in [9.17, 15) is 17.2 Å². The molecule has 0 bridgehead atoms. The quantitative estimate of drug-likeness (QED) is 0.932. The molecule has 0 amide bonds. The predicted octanol–water partition coefficient (Wildman–Crippen LogP) is 1.80. The van der Waals surface area contributed by atoms with Crippen LogP contribution in [0.2, 0.25) is 0 Å². The topological polar surface area (TPSA) is 82.3 Å². The second kappa shape index (κ2) is 4.90. The first kappa shape index (κ1) is 13.4. The van der Waals surface area contributed by atoms with Crippen molar-refractivity contribution in [3.05, 3.63) is 48.2 Å². The van der Waals surface area contributed by atoms with Crippen LogP contribution >= 0.6 is 0 Å². The molecule has 19 heavy (non-hydrogen) atoms. The van der Waals surface area contributed by atoms with Gasteiger partial charge in [0.05, 0.1) is 6.20 Å². The molecule has 0 unspecified atom stereocenters. The maximum absolute atomic E-state index is 13.3. The van der Waals surface area contributed by atoms with Gasteiger partial charge in [0.15, 0.2) is 11.6 Å². The van der Waals surface area contributed by atoms with Gasteiger partial charge in [-0.25, -0.2) is 27.3 Å². The summed E-state index contributed by atoms with van der Waals surface area (Å²) in [7, 11) is -3.85. The van der Waals surface area contributed by atoms with Gasteiger partial charge in [-0.05, 0) is 18.2 Å². The molecule has 100 valence electrons. The number of hydrogen-bond acceptors (Lipinski definition) is 4. The summed E-state index contributed by atoms with van der Waals surface area (Å²) in [6, 6.07) is 5.16. The van der Waals surface area contributed by atoms with Crippen molar-refractivity contribution in [1.82, 2.24) is 4.98 Å². The average Bonchev–Trinajstić information content (AvgIpc) is 2.32. The highest BCUT2D eigenvalue weighted by Gasteiger charge is 2.10. The van der Waals surface area contributed by atoms with Crippen LogP contribution in [-0.2, 0) is 10.0 Å². The monoisotopic (exact) mass is 286 g/mol. The van der Waals surface area contributed by atoms with Crippen molar-refractivity contribution in [3.63, 3.8) is 0 Å². The molecule has 8 heteroatoms. The highest BCUT2D eigenvalue weighted by Crippen LogP contribution is 2.23. The molecule has 0 saturated carbocycles. The molecule has 2 aromatic rings. The van der Waals surface area contributed by atoms with E-state index in [1.54, 1.807) is 0 Å². The van der Waals surface area contributed by atoms with E-state index in [0.29, 0.717) is 6.07 Å². The molecular weight excluding hydrogens is 278 g/mol. The number of benzene rings is 1. The number of hydrogen-bond donors (Lipinski definition) is 1. The van der Waals surface area contributed by atoms with Crippen molar-refractivity contribution < 1.29 is 21.9 Å². The van der Waals surface area contributed by atoms with Gasteiger partial charge in [0.25, 0.3) is 0 Å². The minimum absolute atomic E-state index is 0.0436. The molecule has 0 aliphatic carbocycles. The fourth-order valence-corrected chi connectivity index (χ4v) is 1.72. The molecule has 0 aliphatic heterocycles. The van der Waals surface area contributed by atoms with Crippen LogP contribution in [-0.4, -0.2) is 13.4 Å². The molecule has 5 nitrogen and oxygen atoms in total. The molecule has 0 radical (unpaired) electrons. The van der Waals surface area contributed by atoms with Crippen LogP contribution in [0.25, 0.3) is 0 Å². The Bertz CT molecular complexity index is 702. The first-order valence-corrected chi connectivity index (χ1v) is 6.52. The van der Waals surface area contributed by atoms with Gasteiger partial charge in [-0.15, -0.1) is 0 Å². The average molecular weight is 286 g/mol. The Morgan fingerprint density at radius 1 is 1.16 bits per heavy atom. The standard InChI is InChI=1S/C11H8F2N2O3S/c12-7-1-3-10(9(13)5-7)18-11-4-2-8(6-15-11)19(14,16)17/h1-6H,(H2,14,16,17). The number of nitrogens with two attached hydrogens (primary N) is 1. The fourth-order valence-electron chi connectivity index (χ4n) is 1.27. The highest BCUT2D eigenvalue weighted by molar-refractivity contribution is 7.89. The van der Waals surface area contributed by atoms with Crippen molar-refractivity contribution in [2.45, 2.75) is 4.90 Å². The van der Waals surface area contributed by atoms with Crippen LogP contribution in [0.15, 0.2) is 41.4 Å². The van der Waals surface area contributed by atoms with E-state index in [-0.39, 0.29) is 16.5 Å². The van der Waals surface area contributed by atoms with Crippen molar-refractivity contribution >= 4 is 10.0 Å². The molecule has 0 fully saturated rings. The van der Waals surface area contributed by atoms with E-state index in [2.05, 4.69) is 4.98 Å². The first-order chi connectivity index (χ1) is 8.86. The Morgan fingerprint density at radius 3 is 2.42 bits per heavy atom. The molecule has 0 saturated heterocycles. The van der Waals surface area contributed by atoms with Gasteiger partial charge in [-0.1, -0.05) is 0 Å². The lowest BCUT2D eigenvalue weighted by atomic mass is 10.3. The normalized spacial score (nSPS) is 11.3. The summed E-state index contributed by atoms with van der Waals surface area (Å²) in [5, 5.41) is 4.89. The van der Waals surface area contributed by atoms with Crippen molar-refractivity contribution in [3.8, 4) is 11.6 Å². The Balaban J connectivity index is 2.25. The number of sulfonamides is 1. The van der Waals surface area contributed by atoms with Gasteiger partial charge < -0.3 is 4.74 Å². The van der Waals surface area contributed by atoms with Gasteiger partial charge in [0.1, 0.15) is 10.7 Å². The fraction of sp³-hybridized carbons (Fsp3) is 0. The number of ether oxygens (including phenoxy) is 1. The van der Waals surface area contributed by atoms with E-state index < -0.39 is 21.7 Å². The van der Waals surface area contributed by atoms with E-state index in [0.717, 1.165) is 18.3 Å². The van der Waals surface area contributed by atoms with Crippen molar-refractivity contribution in [2.75, 3.05) is 0 Å². The largest absolute Gasteiger partial charge is 0.436 e. The van der Waals surface area contributed by atoms with Gasteiger partial charge in [-0.2, -0.15) is 0 Å². The number of nitrogens with zero attached hydrogens (tertiary/aromatic N) is 1. The lowest BCUT2D eigenvalue weighted by Gasteiger charge is -2.06. The van der Waals surface area contributed by atoms with Crippen LogP contribution in [0, 0.1) is 11.6 Å². The SMILES string of the molecule is NS(=O)(=O)c1ccc(Oc2ccc(F)cc2F)nc1. The molecule has 1 aromatic carbocycles. The maximum Gasteiger partial charge on any atom is 0.239 e. The van der Waals surface area contributed by atoms with Crippen LogP contribution < -0.4 is 9.88 Å². The number of rotatable bonds is 3. The summed E-state index contributed by atoms with van der Waals surface area (Å²) in [4.78, 5) is 3.47. The zero-order valence-corrected chi connectivity index (χ0v) is 10.2. The Kier molecular flexibility index (Phi) is 3.45. The minimum atomic E-state index is -3.85. The Hall–Kier alpha value is -2.06. The maximum atomic E-state index is 13.3. The Morgan fingerprint density at radius 2 is 1.89 bits per heavy atom. The van der Waals surface area contributed by atoms with E-state index in [1.165, 1.54) is 12.1 Å².